The molecular formula is C20H27NO. The fraction of sp³-hybridized carbons (Fsp3) is 0.400. The highest BCUT2D eigenvalue weighted by molar-refractivity contribution is 5.48. The molecule has 1 N–H and O–H groups in total. The van der Waals surface area contributed by atoms with Crippen molar-refractivity contribution >= 4 is 5.69 Å². The van der Waals surface area contributed by atoms with E-state index in [9.17, 15) is 0 Å². The van der Waals surface area contributed by atoms with E-state index in [4.69, 9.17) is 4.74 Å². The van der Waals surface area contributed by atoms with Crippen molar-refractivity contribution in [2.75, 3.05) is 11.9 Å². The number of rotatable bonds is 7. The van der Waals surface area contributed by atoms with Gasteiger partial charge in [-0.25, -0.2) is 0 Å². The third-order valence-corrected chi connectivity index (χ3v) is 3.87. The Morgan fingerprint density at radius 2 is 1.82 bits per heavy atom. The molecule has 0 aliphatic carbocycles. The molecule has 2 heteroatoms. The maximum atomic E-state index is 5.82. The van der Waals surface area contributed by atoms with Crippen molar-refractivity contribution in [1.29, 1.82) is 0 Å². The first kappa shape index (κ1) is 16.4. The monoisotopic (exact) mass is 297 g/mol. The molecule has 0 saturated carbocycles. The van der Waals surface area contributed by atoms with Crippen molar-refractivity contribution in [3.63, 3.8) is 0 Å². The molecule has 0 saturated heterocycles. The molecule has 0 atom stereocenters. The van der Waals surface area contributed by atoms with E-state index in [1.54, 1.807) is 0 Å². The van der Waals surface area contributed by atoms with E-state index >= 15 is 0 Å². The summed E-state index contributed by atoms with van der Waals surface area (Å²) in [6, 6.07) is 14.8. The van der Waals surface area contributed by atoms with Crippen LogP contribution >= 0.6 is 0 Å². The van der Waals surface area contributed by atoms with Crippen molar-refractivity contribution in [3.8, 4) is 5.75 Å². The van der Waals surface area contributed by atoms with Crippen molar-refractivity contribution in [2.45, 2.75) is 40.7 Å². The lowest BCUT2D eigenvalue weighted by molar-refractivity contribution is 0.289. The Balaban J connectivity index is 1.91. The van der Waals surface area contributed by atoms with Crippen molar-refractivity contribution in [1.82, 2.24) is 0 Å². The fourth-order valence-corrected chi connectivity index (χ4v) is 2.21. The van der Waals surface area contributed by atoms with Crippen molar-refractivity contribution < 1.29 is 4.74 Å². The number of benzene rings is 2. The van der Waals surface area contributed by atoms with Crippen LogP contribution in [-0.4, -0.2) is 6.61 Å². The third kappa shape index (κ3) is 5.10. The maximum Gasteiger partial charge on any atom is 0.119 e. The molecule has 118 valence electrons. The third-order valence-electron chi connectivity index (χ3n) is 3.87. The number of aryl methyl sites for hydroxylation is 2. The Morgan fingerprint density at radius 3 is 2.55 bits per heavy atom. The summed E-state index contributed by atoms with van der Waals surface area (Å²) in [6.07, 6.45) is 1.09. The maximum absolute atomic E-state index is 5.82. The SMILES string of the molecule is Cc1ccc(NCc2cccc(OCCC(C)C)c2)cc1C. The largest absolute Gasteiger partial charge is 0.494 e. The minimum absolute atomic E-state index is 0.676. The molecule has 2 aromatic carbocycles. The molecule has 0 aliphatic rings. The lowest BCUT2D eigenvalue weighted by Crippen LogP contribution is -2.03. The number of hydrogen-bond acceptors (Lipinski definition) is 2. The van der Waals surface area contributed by atoms with Gasteiger partial charge in [0.1, 0.15) is 5.75 Å². The van der Waals surface area contributed by atoms with Gasteiger partial charge in [0.15, 0.2) is 0 Å². The van der Waals surface area contributed by atoms with Crippen LogP contribution in [0.3, 0.4) is 0 Å². The van der Waals surface area contributed by atoms with Crippen LogP contribution in [0.2, 0.25) is 0 Å². The van der Waals surface area contributed by atoms with Gasteiger partial charge < -0.3 is 10.1 Å². The van der Waals surface area contributed by atoms with Gasteiger partial charge in [0.2, 0.25) is 0 Å². The van der Waals surface area contributed by atoms with Crippen LogP contribution in [0.15, 0.2) is 42.5 Å². The highest BCUT2D eigenvalue weighted by Gasteiger charge is 2.00. The Kier molecular flexibility index (Phi) is 5.88. The molecule has 2 nitrogen and oxygen atoms in total. The number of anilines is 1. The zero-order valence-corrected chi connectivity index (χ0v) is 14.1. The van der Waals surface area contributed by atoms with Gasteiger partial charge >= 0.3 is 0 Å². The molecule has 0 bridgehead atoms. The standard InChI is InChI=1S/C20H27NO/c1-15(2)10-11-22-20-7-5-6-18(13-20)14-21-19-9-8-16(3)17(4)12-19/h5-9,12-13,15,21H,10-11,14H2,1-4H3. The van der Waals surface area contributed by atoms with Crippen molar-refractivity contribution in [2.24, 2.45) is 5.92 Å². The van der Waals surface area contributed by atoms with E-state index in [0.717, 1.165) is 31.0 Å². The minimum Gasteiger partial charge on any atom is -0.494 e. The van der Waals surface area contributed by atoms with E-state index in [1.165, 1.54) is 16.7 Å². The van der Waals surface area contributed by atoms with Crippen LogP contribution in [-0.2, 0) is 6.54 Å². The second kappa shape index (κ2) is 7.88. The van der Waals surface area contributed by atoms with E-state index in [0.29, 0.717) is 5.92 Å². The summed E-state index contributed by atoms with van der Waals surface area (Å²) in [5.41, 5.74) is 5.04. The molecule has 0 unspecified atom stereocenters. The number of nitrogens with one attached hydrogen (secondary N) is 1. The Hall–Kier alpha value is -1.96. The lowest BCUT2D eigenvalue weighted by Gasteiger charge is -2.11. The van der Waals surface area contributed by atoms with Gasteiger partial charge in [-0.3, -0.25) is 0 Å². The van der Waals surface area contributed by atoms with Gasteiger partial charge in [0, 0.05) is 12.2 Å². The molecule has 0 fully saturated rings. The zero-order chi connectivity index (χ0) is 15.9. The highest BCUT2D eigenvalue weighted by Crippen LogP contribution is 2.18. The van der Waals surface area contributed by atoms with Crippen LogP contribution in [0.4, 0.5) is 5.69 Å². The zero-order valence-electron chi connectivity index (χ0n) is 14.1. The number of ether oxygens (including phenoxy) is 1. The van der Waals surface area contributed by atoms with Gasteiger partial charge in [-0.15, -0.1) is 0 Å². The summed E-state index contributed by atoms with van der Waals surface area (Å²) >= 11 is 0. The molecule has 0 amide bonds. The van der Waals surface area contributed by atoms with Gasteiger partial charge in [0.05, 0.1) is 6.61 Å². The smallest absolute Gasteiger partial charge is 0.119 e. The summed E-state index contributed by atoms with van der Waals surface area (Å²) in [7, 11) is 0. The Labute approximate surface area is 134 Å². The molecule has 22 heavy (non-hydrogen) atoms. The van der Waals surface area contributed by atoms with Gasteiger partial charge in [-0.05, 0) is 67.1 Å². The normalized spacial score (nSPS) is 10.8. The van der Waals surface area contributed by atoms with Crippen LogP contribution < -0.4 is 10.1 Å². The molecule has 0 radical (unpaired) electrons. The summed E-state index contributed by atoms with van der Waals surface area (Å²) in [5, 5.41) is 3.47. The van der Waals surface area contributed by atoms with Crippen molar-refractivity contribution in [3.05, 3.63) is 59.2 Å². The van der Waals surface area contributed by atoms with E-state index < -0.39 is 0 Å². The van der Waals surface area contributed by atoms with Gasteiger partial charge in [-0.2, -0.15) is 0 Å². The molecule has 0 aromatic heterocycles. The second-order valence-electron chi connectivity index (χ2n) is 6.33. The lowest BCUT2D eigenvalue weighted by atomic mass is 10.1. The van der Waals surface area contributed by atoms with E-state index in [1.807, 2.05) is 6.07 Å². The van der Waals surface area contributed by atoms with E-state index in [2.05, 4.69) is 69.4 Å². The molecule has 0 heterocycles. The molecule has 2 rings (SSSR count). The van der Waals surface area contributed by atoms with Crippen LogP contribution in [0.5, 0.6) is 5.75 Å². The first-order valence-corrected chi connectivity index (χ1v) is 8.07. The van der Waals surface area contributed by atoms with E-state index in [-0.39, 0.29) is 0 Å². The summed E-state index contributed by atoms with van der Waals surface area (Å²) in [5.74, 6) is 1.63. The summed E-state index contributed by atoms with van der Waals surface area (Å²) in [4.78, 5) is 0. The average Bonchev–Trinajstić information content (AvgIpc) is 2.49. The predicted octanol–water partition coefficient (Wildman–Crippen LogP) is 5.34. The number of hydrogen-bond donors (Lipinski definition) is 1. The Morgan fingerprint density at radius 1 is 1.00 bits per heavy atom. The van der Waals surface area contributed by atoms with Gasteiger partial charge in [0.25, 0.3) is 0 Å². The molecule has 2 aromatic rings. The minimum atomic E-state index is 0.676. The Bertz CT molecular complexity index is 604. The van der Waals surface area contributed by atoms with Crippen LogP contribution in [0.1, 0.15) is 37.0 Å². The topological polar surface area (TPSA) is 21.3 Å². The molecule has 0 spiro atoms. The fourth-order valence-electron chi connectivity index (χ4n) is 2.21. The molecule has 0 aliphatic heterocycles. The summed E-state index contributed by atoms with van der Waals surface area (Å²) in [6.45, 7) is 10.3. The first-order valence-electron chi connectivity index (χ1n) is 8.07. The molecular weight excluding hydrogens is 270 g/mol. The predicted molar refractivity (Wildman–Crippen MR) is 94.6 cm³/mol. The highest BCUT2D eigenvalue weighted by atomic mass is 16.5. The quantitative estimate of drug-likeness (QED) is 0.744. The first-order chi connectivity index (χ1) is 10.5. The summed E-state index contributed by atoms with van der Waals surface area (Å²) < 4.78 is 5.82. The second-order valence-corrected chi connectivity index (χ2v) is 6.33. The van der Waals surface area contributed by atoms with Crippen LogP contribution in [0, 0.1) is 19.8 Å². The average molecular weight is 297 g/mol. The van der Waals surface area contributed by atoms with Gasteiger partial charge in [-0.1, -0.05) is 32.0 Å². The van der Waals surface area contributed by atoms with Crippen LogP contribution in [0.25, 0.3) is 0 Å².